The van der Waals surface area contributed by atoms with Crippen molar-refractivity contribution in [2.75, 3.05) is 6.54 Å². The molecule has 3 aromatic heterocycles. The van der Waals surface area contributed by atoms with Gasteiger partial charge in [0.15, 0.2) is 17.1 Å². The predicted molar refractivity (Wildman–Crippen MR) is 135 cm³/mol. The third-order valence-electron chi connectivity index (χ3n) is 6.18. The molecular weight excluding hydrogens is 539 g/mol. The molecule has 1 atom stereocenters. The van der Waals surface area contributed by atoms with Gasteiger partial charge < -0.3 is 20.1 Å². The number of H-pyrrole nitrogens is 1. The van der Waals surface area contributed by atoms with Crippen molar-refractivity contribution >= 4 is 16.8 Å². The van der Waals surface area contributed by atoms with Crippen molar-refractivity contribution in [3.05, 3.63) is 80.9 Å². The van der Waals surface area contributed by atoms with Crippen molar-refractivity contribution in [2.45, 2.75) is 39.5 Å². The lowest BCUT2D eigenvalue weighted by atomic mass is 10.0. The number of aromatic nitrogens is 3. The Morgan fingerprint density at radius 3 is 2.55 bits per heavy atom. The number of carbonyl (C=O) groups excluding carboxylic acids is 1. The number of nitrogens with zero attached hydrogens (tertiary/aromatic N) is 2. The third-order valence-corrected chi connectivity index (χ3v) is 6.18. The SMILES string of the molecule is Cc1c(Oc2ncc(C(F)(F)F)c(C)c2-c2cc(=O)c3c(C(=O)NCCC(C)O)nccc3[nH]2)ccc(F)c1F. The molecule has 40 heavy (non-hydrogen) atoms. The van der Waals surface area contributed by atoms with E-state index in [-0.39, 0.29) is 57.7 Å². The molecule has 1 amide bonds. The van der Waals surface area contributed by atoms with E-state index in [9.17, 15) is 36.6 Å². The highest BCUT2D eigenvalue weighted by atomic mass is 19.4. The Labute approximate surface area is 223 Å². The second-order valence-electron chi connectivity index (χ2n) is 9.08. The van der Waals surface area contributed by atoms with E-state index in [1.54, 1.807) is 6.92 Å². The van der Waals surface area contributed by atoms with E-state index in [1.165, 1.54) is 19.2 Å². The van der Waals surface area contributed by atoms with Gasteiger partial charge in [-0.2, -0.15) is 13.2 Å². The number of nitrogens with one attached hydrogen (secondary N) is 2. The first-order valence-corrected chi connectivity index (χ1v) is 12.0. The topological polar surface area (TPSA) is 117 Å². The molecule has 0 spiro atoms. The number of hydrogen-bond acceptors (Lipinski definition) is 6. The van der Waals surface area contributed by atoms with Gasteiger partial charge in [-0.15, -0.1) is 0 Å². The summed E-state index contributed by atoms with van der Waals surface area (Å²) in [6.07, 6.45) is -3.42. The van der Waals surface area contributed by atoms with Crippen LogP contribution in [0.4, 0.5) is 22.0 Å². The highest BCUT2D eigenvalue weighted by Crippen LogP contribution is 2.41. The average molecular weight is 562 g/mol. The summed E-state index contributed by atoms with van der Waals surface area (Å²) < 4.78 is 74.7. The normalized spacial score (nSPS) is 12.4. The summed E-state index contributed by atoms with van der Waals surface area (Å²) in [6, 6.07) is 4.24. The van der Waals surface area contributed by atoms with E-state index in [0.717, 1.165) is 25.1 Å². The van der Waals surface area contributed by atoms with Gasteiger partial charge in [0.25, 0.3) is 5.91 Å². The van der Waals surface area contributed by atoms with Gasteiger partial charge in [0.05, 0.1) is 33.8 Å². The van der Waals surface area contributed by atoms with Crippen LogP contribution in [0, 0.1) is 25.5 Å². The molecule has 1 unspecified atom stereocenters. The first-order chi connectivity index (χ1) is 18.8. The van der Waals surface area contributed by atoms with Crippen LogP contribution in [0.2, 0.25) is 0 Å². The summed E-state index contributed by atoms with van der Waals surface area (Å²) in [7, 11) is 0. The van der Waals surface area contributed by atoms with Crippen LogP contribution in [0.5, 0.6) is 11.6 Å². The van der Waals surface area contributed by atoms with Gasteiger partial charge in [0.2, 0.25) is 5.88 Å². The molecule has 0 radical (unpaired) electrons. The minimum Gasteiger partial charge on any atom is -0.438 e. The molecule has 13 heteroatoms. The summed E-state index contributed by atoms with van der Waals surface area (Å²) in [6.45, 7) is 4.04. The molecule has 3 N–H and O–H groups in total. The number of carbonyl (C=O) groups is 1. The molecule has 0 saturated carbocycles. The lowest BCUT2D eigenvalue weighted by Crippen LogP contribution is -2.28. The van der Waals surface area contributed by atoms with E-state index in [4.69, 9.17) is 4.74 Å². The minimum absolute atomic E-state index is 0.0879. The lowest BCUT2D eigenvalue weighted by Gasteiger charge is -2.18. The highest BCUT2D eigenvalue weighted by Gasteiger charge is 2.35. The Morgan fingerprint density at radius 2 is 1.88 bits per heavy atom. The van der Waals surface area contributed by atoms with Crippen LogP contribution in [0.3, 0.4) is 0 Å². The molecule has 0 aliphatic heterocycles. The molecule has 210 valence electrons. The fourth-order valence-corrected chi connectivity index (χ4v) is 4.09. The van der Waals surface area contributed by atoms with Gasteiger partial charge in [-0.3, -0.25) is 14.6 Å². The van der Waals surface area contributed by atoms with Gasteiger partial charge >= 0.3 is 6.18 Å². The van der Waals surface area contributed by atoms with Crippen LogP contribution in [0.15, 0.2) is 41.5 Å². The number of aromatic amines is 1. The lowest BCUT2D eigenvalue weighted by molar-refractivity contribution is -0.138. The number of benzene rings is 1. The van der Waals surface area contributed by atoms with Crippen LogP contribution in [0.1, 0.15) is 40.5 Å². The van der Waals surface area contributed by atoms with Crippen molar-refractivity contribution in [2.24, 2.45) is 0 Å². The van der Waals surface area contributed by atoms with E-state index in [1.807, 2.05) is 0 Å². The minimum atomic E-state index is -4.80. The molecule has 4 rings (SSSR count). The number of hydrogen-bond donors (Lipinski definition) is 3. The maximum Gasteiger partial charge on any atom is 0.418 e. The van der Waals surface area contributed by atoms with Crippen LogP contribution in [-0.2, 0) is 6.18 Å². The number of fused-ring (bicyclic) bond motifs is 1. The van der Waals surface area contributed by atoms with Gasteiger partial charge in [0.1, 0.15) is 11.4 Å². The fraction of sp³-hybridized carbons (Fsp3) is 0.259. The number of amides is 1. The van der Waals surface area contributed by atoms with Crippen molar-refractivity contribution in [3.63, 3.8) is 0 Å². The first kappa shape index (κ1) is 28.6. The van der Waals surface area contributed by atoms with Crippen LogP contribution in [0.25, 0.3) is 22.2 Å². The van der Waals surface area contributed by atoms with Crippen molar-refractivity contribution in [3.8, 4) is 22.9 Å². The van der Waals surface area contributed by atoms with Crippen molar-refractivity contribution in [1.29, 1.82) is 0 Å². The smallest absolute Gasteiger partial charge is 0.418 e. The van der Waals surface area contributed by atoms with E-state index in [2.05, 4.69) is 20.3 Å². The first-order valence-electron chi connectivity index (χ1n) is 12.0. The summed E-state index contributed by atoms with van der Waals surface area (Å²) in [5.74, 6) is -3.62. The largest absolute Gasteiger partial charge is 0.438 e. The van der Waals surface area contributed by atoms with E-state index in [0.29, 0.717) is 6.20 Å². The molecule has 8 nitrogen and oxygen atoms in total. The fourth-order valence-electron chi connectivity index (χ4n) is 4.09. The number of aliphatic hydroxyl groups excluding tert-OH is 1. The zero-order valence-corrected chi connectivity index (χ0v) is 21.4. The van der Waals surface area contributed by atoms with Crippen LogP contribution in [-0.4, -0.2) is 38.6 Å². The molecule has 0 fully saturated rings. The highest BCUT2D eigenvalue weighted by molar-refractivity contribution is 6.04. The molecule has 4 aromatic rings. The molecule has 0 aliphatic carbocycles. The van der Waals surface area contributed by atoms with E-state index < -0.39 is 46.7 Å². The Kier molecular flexibility index (Phi) is 7.87. The molecule has 3 heterocycles. The standard InChI is InChI=1S/C27H23F5N4O4/c1-12(37)6-8-34-25(39)24-22-17(7-9-33-24)36-18(10-19(22)38)21-13(2)15(27(30,31)32)11-35-26(21)40-20-5-4-16(28)23(29)14(20)3/h4-5,7,9-12,37H,6,8H2,1-3H3,(H,34,39)(H,36,38). The average Bonchev–Trinajstić information content (AvgIpc) is 2.87. The second kappa shape index (κ2) is 11.0. The predicted octanol–water partition coefficient (Wildman–Crippen LogP) is 5.19. The Morgan fingerprint density at radius 1 is 1.15 bits per heavy atom. The number of aliphatic hydroxyl groups is 1. The number of ether oxygens (including phenoxy) is 1. The van der Waals surface area contributed by atoms with Crippen molar-refractivity contribution in [1.82, 2.24) is 20.3 Å². The molecule has 0 bridgehead atoms. The van der Waals surface area contributed by atoms with Crippen LogP contribution >= 0.6 is 0 Å². The van der Waals surface area contributed by atoms with Gasteiger partial charge in [-0.25, -0.2) is 13.8 Å². The van der Waals surface area contributed by atoms with Gasteiger partial charge in [0, 0.05) is 30.6 Å². The summed E-state index contributed by atoms with van der Waals surface area (Å²) >= 11 is 0. The van der Waals surface area contributed by atoms with Crippen LogP contribution < -0.4 is 15.5 Å². The zero-order valence-electron chi connectivity index (χ0n) is 21.4. The molecule has 0 saturated heterocycles. The summed E-state index contributed by atoms with van der Waals surface area (Å²) in [4.78, 5) is 36.5. The van der Waals surface area contributed by atoms with E-state index >= 15 is 0 Å². The maximum atomic E-state index is 14.1. The Balaban J connectivity index is 1.88. The summed E-state index contributed by atoms with van der Waals surface area (Å²) in [5, 5.41) is 11.8. The summed E-state index contributed by atoms with van der Waals surface area (Å²) in [5.41, 5.74) is -2.94. The van der Waals surface area contributed by atoms with Gasteiger partial charge in [-0.1, -0.05) is 0 Å². The number of alkyl halides is 3. The quantitative estimate of drug-likeness (QED) is 0.267. The second-order valence-corrected chi connectivity index (χ2v) is 9.08. The number of halogens is 5. The van der Waals surface area contributed by atoms with Gasteiger partial charge in [-0.05, 0) is 51.0 Å². The zero-order chi connectivity index (χ0) is 29.4. The third kappa shape index (κ3) is 5.64. The molecule has 1 aromatic carbocycles. The van der Waals surface area contributed by atoms with Crippen molar-refractivity contribution < 1.29 is 36.6 Å². The molecular formula is C27H23F5N4O4. The Hall–Kier alpha value is -4.39. The Bertz CT molecular complexity index is 1670. The maximum absolute atomic E-state index is 14.1. The number of rotatable bonds is 7. The number of pyridine rings is 3. The monoisotopic (exact) mass is 562 g/mol. The molecule has 0 aliphatic rings.